The fraction of sp³-hybridized carbons (Fsp3) is 0.556. The zero-order valence-electron chi connectivity index (χ0n) is 15.0. The zero-order chi connectivity index (χ0) is 18.5. The van der Waals surface area contributed by atoms with Crippen LogP contribution in [0.1, 0.15) is 6.92 Å². The normalized spacial score (nSPS) is 24.3. The maximum absolute atomic E-state index is 14.6. The topological polar surface area (TPSA) is 65.1 Å². The van der Waals surface area contributed by atoms with Crippen molar-refractivity contribution in [2.75, 3.05) is 56.1 Å². The molecule has 3 aliphatic heterocycles. The molecule has 8 heteroatoms. The summed E-state index contributed by atoms with van der Waals surface area (Å²) in [6.45, 7) is 5.83. The van der Waals surface area contributed by atoms with Crippen LogP contribution in [0, 0.1) is 11.2 Å². The Bertz CT molecular complexity index is 742. The van der Waals surface area contributed by atoms with Gasteiger partial charge in [-0.15, -0.1) is 0 Å². The van der Waals surface area contributed by atoms with Gasteiger partial charge in [0.1, 0.15) is 11.9 Å². The van der Waals surface area contributed by atoms with Crippen LogP contribution in [0.2, 0.25) is 0 Å². The Morgan fingerprint density at radius 1 is 1.35 bits per heavy atom. The molecule has 0 bridgehead atoms. The first-order valence-electron chi connectivity index (χ1n) is 8.81. The summed E-state index contributed by atoms with van der Waals surface area (Å²) in [5.74, 6) is -0.511. The fourth-order valence-corrected chi connectivity index (χ4v) is 4.25. The smallest absolute Gasteiger partial charge is 0.414 e. The Morgan fingerprint density at radius 2 is 2.08 bits per heavy atom. The predicted octanol–water partition coefficient (Wildman–Crippen LogP) is 1.04. The number of hydrogen-bond donors (Lipinski definition) is 1. The van der Waals surface area contributed by atoms with Gasteiger partial charge in [-0.3, -0.25) is 9.69 Å². The number of carbonyl (C=O) groups is 2. The van der Waals surface area contributed by atoms with E-state index in [1.165, 1.54) is 17.9 Å². The molecule has 1 atom stereocenters. The van der Waals surface area contributed by atoms with Crippen LogP contribution >= 0.6 is 0 Å². The number of rotatable bonds is 4. The summed E-state index contributed by atoms with van der Waals surface area (Å²) in [5, 5.41) is 2.63. The van der Waals surface area contributed by atoms with E-state index < -0.39 is 12.2 Å². The molecular formula is C18H23FN4O3. The Labute approximate surface area is 151 Å². The van der Waals surface area contributed by atoms with E-state index >= 15 is 0 Å². The Balaban J connectivity index is 1.40. The van der Waals surface area contributed by atoms with Gasteiger partial charge in [-0.05, 0) is 25.2 Å². The first kappa shape index (κ1) is 17.1. The number of hydrogen-bond acceptors (Lipinski definition) is 5. The summed E-state index contributed by atoms with van der Waals surface area (Å²) >= 11 is 0. The standard InChI is InChI=1S/C18H23FN4O3/c1-12(24)20-6-14-7-23(17(25)26-14)13-3-4-16(15(19)5-13)22-10-18(11-22)8-21(2)9-18/h3-5,14H,6-11H2,1-2H3,(H,20,24)/t14-/m1/s1. The maximum Gasteiger partial charge on any atom is 0.414 e. The minimum Gasteiger partial charge on any atom is -0.442 e. The molecule has 1 spiro atoms. The van der Waals surface area contributed by atoms with E-state index in [1.807, 2.05) is 4.90 Å². The third-order valence-corrected chi connectivity index (χ3v) is 5.30. The molecule has 4 rings (SSSR count). The summed E-state index contributed by atoms with van der Waals surface area (Å²) in [6, 6.07) is 4.86. The van der Waals surface area contributed by atoms with Gasteiger partial charge in [0.15, 0.2) is 0 Å². The minimum absolute atomic E-state index is 0.181. The van der Waals surface area contributed by atoms with E-state index in [0.29, 0.717) is 16.8 Å². The molecule has 1 N–H and O–H groups in total. The molecule has 0 unspecified atom stereocenters. The molecule has 3 heterocycles. The van der Waals surface area contributed by atoms with Gasteiger partial charge in [0, 0.05) is 38.5 Å². The molecule has 3 fully saturated rings. The van der Waals surface area contributed by atoms with Crippen LogP contribution in [-0.4, -0.2) is 69.3 Å². The van der Waals surface area contributed by atoms with E-state index in [4.69, 9.17) is 4.74 Å². The van der Waals surface area contributed by atoms with Gasteiger partial charge in [0.25, 0.3) is 0 Å². The second-order valence-corrected chi connectivity index (χ2v) is 7.72. The van der Waals surface area contributed by atoms with E-state index in [1.54, 1.807) is 12.1 Å². The number of benzene rings is 1. The number of anilines is 2. The summed E-state index contributed by atoms with van der Waals surface area (Å²) in [4.78, 5) is 28.7. The largest absolute Gasteiger partial charge is 0.442 e. The van der Waals surface area contributed by atoms with Crippen LogP contribution in [-0.2, 0) is 9.53 Å². The number of nitrogens with zero attached hydrogens (tertiary/aromatic N) is 3. The molecular weight excluding hydrogens is 339 g/mol. The van der Waals surface area contributed by atoms with E-state index in [0.717, 1.165) is 26.2 Å². The number of amides is 2. The van der Waals surface area contributed by atoms with Crippen molar-refractivity contribution in [3.05, 3.63) is 24.0 Å². The lowest BCUT2D eigenvalue weighted by Crippen LogP contribution is -2.71. The highest BCUT2D eigenvalue weighted by atomic mass is 19.1. The molecule has 0 radical (unpaired) electrons. The first-order chi connectivity index (χ1) is 12.3. The molecule has 3 saturated heterocycles. The molecule has 7 nitrogen and oxygen atoms in total. The summed E-state index contributed by atoms with van der Waals surface area (Å²) in [6.07, 6.45) is -0.951. The van der Waals surface area contributed by atoms with Crippen molar-refractivity contribution >= 4 is 23.4 Å². The van der Waals surface area contributed by atoms with Crippen LogP contribution in [0.4, 0.5) is 20.6 Å². The van der Waals surface area contributed by atoms with E-state index in [9.17, 15) is 14.0 Å². The Morgan fingerprint density at radius 3 is 2.69 bits per heavy atom. The number of cyclic esters (lactones) is 1. The summed E-state index contributed by atoms with van der Waals surface area (Å²) in [7, 11) is 2.09. The lowest BCUT2D eigenvalue weighted by Gasteiger charge is -2.60. The van der Waals surface area contributed by atoms with Gasteiger partial charge in [0.05, 0.1) is 24.5 Å². The zero-order valence-corrected chi connectivity index (χ0v) is 15.0. The van der Waals surface area contributed by atoms with Gasteiger partial charge in [-0.1, -0.05) is 0 Å². The molecule has 1 aromatic rings. The van der Waals surface area contributed by atoms with Crippen LogP contribution < -0.4 is 15.1 Å². The quantitative estimate of drug-likeness (QED) is 0.867. The van der Waals surface area contributed by atoms with E-state index in [-0.39, 0.29) is 24.8 Å². The lowest BCUT2D eigenvalue weighted by molar-refractivity contribution is -0.119. The molecule has 3 aliphatic rings. The number of likely N-dealkylation sites (tertiary alicyclic amines) is 1. The average molecular weight is 362 g/mol. The molecule has 2 amide bonds. The maximum atomic E-state index is 14.6. The molecule has 140 valence electrons. The van der Waals surface area contributed by atoms with Crippen LogP contribution in [0.3, 0.4) is 0 Å². The van der Waals surface area contributed by atoms with Crippen molar-refractivity contribution in [1.82, 2.24) is 10.2 Å². The van der Waals surface area contributed by atoms with Crippen molar-refractivity contribution in [2.45, 2.75) is 13.0 Å². The summed E-state index contributed by atoms with van der Waals surface area (Å²) < 4.78 is 19.8. The van der Waals surface area contributed by atoms with Crippen molar-refractivity contribution in [2.24, 2.45) is 5.41 Å². The average Bonchev–Trinajstić information content (AvgIpc) is 2.89. The molecule has 0 saturated carbocycles. The molecule has 1 aromatic carbocycles. The molecule has 26 heavy (non-hydrogen) atoms. The second kappa shape index (κ2) is 6.12. The number of halogens is 1. The lowest BCUT2D eigenvalue weighted by atomic mass is 9.73. The Kier molecular flexibility index (Phi) is 4.02. The van der Waals surface area contributed by atoms with Crippen molar-refractivity contribution < 1.29 is 18.7 Å². The number of carbonyl (C=O) groups excluding carboxylic acids is 2. The fourth-order valence-electron chi connectivity index (χ4n) is 4.25. The minimum atomic E-state index is -0.520. The van der Waals surface area contributed by atoms with Crippen LogP contribution in [0.25, 0.3) is 0 Å². The highest BCUT2D eigenvalue weighted by Gasteiger charge is 2.50. The van der Waals surface area contributed by atoms with Crippen molar-refractivity contribution in [1.29, 1.82) is 0 Å². The van der Waals surface area contributed by atoms with Gasteiger partial charge in [-0.25, -0.2) is 9.18 Å². The van der Waals surface area contributed by atoms with Gasteiger partial charge >= 0.3 is 6.09 Å². The third kappa shape index (κ3) is 2.98. The Hall–Kier alpha value is -2.35. The summed E-state index contributed by atoms with van der Waals surface area (Å²) in [5.41, 5.74) is 1.38. The predicted molar refractivity (Wildman–Crippen MR) is 94.8 cm³/mol. The third-order valence-electron chi connectivity index (χ3n) is 5.30. The first-order valence-corrected chi connectivity index (χ1v) is 8.81. The van der Waals surface area contributed by atoms with Gasteiger partial charge < -0.3 is 19.9 Å². The van der Waals surface area contributed by atoms with Gasteiger partial charge in [0.2, 0.25) is 5.91 Å². The molecule has 0 aromatic heterocycles. The number of ether oxygens (including phenoxy) is 1. The van der Waals surface area contributed by atoms with E-state index in [2.05, 4.69) is 17.3 Å². The van der Waals surface area contributed by atoms with Crippen LogP contribution in [0.5, 0.6) is 0 Å². The SMILES string of the molecule is CC(=O)NC[C@@H]1CN(c2ccc(N3CC4(CN(C)C4)C3)c(F)c2)C(=O)O1. The van der Waals surface area contributed by atoms with Crippen molar-refractivity contribution in [3.63, 3.8) is 0 Å². The van der Waals surface area contributed by atoms with Crippen LogP contribution in [0.15, 0.2) is 18.2 Å². The monoisotopic (exact) mass is 362 g/mol. The highest BCUT2D eigenvalue weighted by molar-refractivity contribution is 5.90. The highest BCUT2D eigenvalue weighted by Crippen LogP contribution is 2.42. The van der Waals surface area contributed by atoms with Gasteiger partial charge in [-0.2, -0.15) is 0 Å². The second-order valence-electron chi connectivity index (χ2n) is 7.72. The van der Waals surface area contributed by atoms with Crippen molar-refractivity contribution in [3.8, 4) is 0 Å². The number of nitrogens with one attached hydrogen (secondary N) is 1. The molecule has 0 aliphatic carbocycles.